The lowest BCUT2D eigenvalue weighted by atomic mass is 10.2. The number of hydrogen-bond donors (Lipinski definition) is 1. The van der Waals surface area contributed by atoms with Gasteiger partial charge in [0.25, 0.3) is 10.0 Å². The minimum Gasteiger partial charge on any atom is -0.464 e. The van der Waals surface area contributed by atoms with Crippen molar-refractivity contribution in [2.24, 2.45) is 0 Å². The van der Waals surface area contributed by atoms with Gasteiger partial charge in [0.1, 0.15) is 6.04 Å². The van der Waals surface area contributed by atoms with Crippen LogP contribution in [0.2, 0.25) is 0 Å². The average molecular weight is 333 g/mol. The average Bonchev–Trinajstić information content (AvgIpc) is 2.96. The second-order valence-electron chi connectivity index (χ2n) is 4.31. The Morgan fingerprint density at radius 2 is 2.33 bits per heavy atom. The third-order valence-electron chi connectivity index (χ3n) is 3.13. The zero-order valence-electron chi connectivity index (χ0n) is 11.5. The molecule has 1 fully saturated rings. The summed E-state index contributed by atoms with van der Waals surface area (Å²) in [6.45, 7) is 2.12. The van der Waals surface area contributed by atoms with Crippen molar-refractivity contribution in [3.8, 4) is 0 Å². The van der Waals surface area contributed by atoms with Gasteiger partial charge in [-0.3, -0.25) is 4.79 Å². The number of carbonyl (C=O) groups excluding carboxylic acids is 2. The van der Waals surface area contributed by atoms with Gasteiger partial charge in [-0.15, -0.1) is 11.3 Å². The summed E-state index contributed by atoms with van der Waals surface area (Å²) in [6.07, 6.45) is 0.345. The molecule has 1 N–H and O–H groups in total. The van der Waals surface area contributed by atoms with Crippen LogP contribution in [0.3, 0.4) is 0 Å². The Kier molecular flexibility index (Phi) is 4.59. The van der Waals surface area contributed by atoms with Crippen LogP contribution in [0, 0.1) is 0 Å². The van der Waals surface area contributed by atoms with Crippen LogP contribution in [0.4, 0.5) is 0 Å². The lowest BCUT2D eigenvalue weighted by Crippen LogP contribution is -2.56. The van der Waals surface area contributed by atoms with Crippen molar-refractivity contribution in [1.82, 2.24) is 14.6 Å². The number of amides is 1. The van der Waals surface area contributed by atoms with Crippen molar-refractivity contribution in [1.29, 1.82) is 0 Å². The molecular weight excluding hydrogens is 318 g/mol. The Morgan fingerprint density at radius 3 is 2.95 bits per heavy atom. The molecule has 10 heteroatoms. The highest BCUT2D eigenvalue weighted by Gasteiger charge is 2.40. The summed E-state index contributed by atoms with van der Waals surface area (Å²) in [7, 11) is -2.82. The summed E-state index contributed by atoms with van der Waals surface area (Å²) in [5.41, 5.74) is 1.02. The Balaban J connectivity index is 2.44. The van der Waals surface area contributed by atoms with Gasteiger partial charge in [0.2, 0.25) is 5.91 Å². The summed E-state index contributed by atoms with van der Waals surface area (Å²) in [6, 6.07) is -0.781. The number of nitrogens with one attached hydrogen (secondary N) is 1. The molecule has 1 amide bonds. The first-order valence-corrected chi connectivity index (χ1v) is 8.56. The molecule has 0 saturated carbocycles. The van der Waals surface area contributed by atoms with Crippen LogP contribution in [0.15, 0.2) is 9.72 Å². The van der Waals surface area contributed by atoms with E-state index in [1.165, 1.54) is 5.51 Å². The molecule has 1 atom stereocenters. The molecule has 2 rings (SSSR count). The molecule has 0 bridgehead atoms. The monoisotopic (exact) mass is 333 g/mol. The van der Waals surface area contributed by atoms with Gasteiger partial charge in [0.05, 0.1) is 12.6 Å². The lowest BCUT2D eigenvalue weighted by molar-refractivity contribution is -0.126. The minimum atomic E-state index is -3.97. The molecular formula is C11H15N3O5S2. The number of methoxy groups -OCH3 is 1. The number of thiazole rings is 1. The van der Waals surface area contributed by atoms with Gasteiger partial charge in [0.15, 0.2) is 9.90 Å². The van der Waals surface area contributed by atoms with Crippen molar-refractivity contribution < 1.29 is 22.7 Å². The molecule has 8 nitrogen and oxygen atoms in total. The van der Waals surface area contributed by atoms with Crippen molar-refractivity contribution in [2.45, 2.75) is 23.6 Å². The van der Waals surface area contributed by atoms with Crippen molar-refractivity contribution >= 4 is 33.2 Å². The van der Waals surface area contributed by atoms with Crippen LogP contribution in [0.25, 0.3) is 0 Å². The first-order chi connectivity index (χ1) is 9.93. The van der Waals surface area contributed by atoms with Crippen LogP contribution in [0.1, 0.15) is 23.8 Å². The largest absolute Gasteiger partial charge is 0.464 e. The fraction of sp³-hybridized carbons (Fsp3) is 0.545. The normalized spacial score (nSPS) is 20.1. The molecule has 0 radical (unpaired) electrons. The summed E-state index contributed by atoms with van der Waals surface area (Å²) in [5, 5.41) is 2.63. The quantitative estimate of drug-likeness (QED) is 0.767. The van der Waals surface area contributed by atoms with Crippen LogP contribution in [0.5, 0.6) is 0 Å². The number of aromatic nitrogens is 1. The topological polar surface area (TPSA) is 106 Å². The molecule has 1 aliphatic heterocycles. The zero-order chi connectivity index (χ0) is 15.6. The molecule has 1 aromatic rings. The molecule has 116 valence electrons. The molecule has 0 spiro atoms. The number of nitrogens with zero attached hydrogens (tertiary/aromatic N) is 2. The number of rotatable bonds is 4. The first-order valence-electron chi connectivity index (χ1n) is 6.24. The molecule has 0 aromatic carbocycles. The highest BCUT2D eigenvalue weighted by Crippen LogP contribution is 2.27. The van der Waals surface area contributed by atoms with E-state index in [1.54, 1.807) is 6.92 Å². The third kappa shape index (κ3) is 2.78. The molecule has 1 aliphatic rings. The number of carbonyl (C=O) groups is 2. The molecule has 2 heterocycles. The highest BCUT2D eigenvalue weighted by molar-refractivity contribution is 7.91. The smallest absolute Gasteiger partial charge is 0.358 e. The van der Waals surface area contributed by atoms with Gasteiger partial charge < -0.3 is 10.1 Å². The number of sulfonamides is 1. The van der Waals surface area contributed by atoms with Crippen LogP contribution >= 0.6 is 11.3 Å². The Bertz CT molecular complexity index is 655. The van der Waals surface area contributed by atoms with E-state index >= 15 is 0 Å². The van der Waals surface area contributed by atoms with E-state index in [-0.39, 0.29) is 28.9 Å². The standard InChI is InChI=1S/C11H15N3O5S2/c1-3-7-9(15)12-4-5-14(7)21(17,18)11-8(10(16)19-2)13-6-20-11/h6-7H,3-5H2,1-2H3,(H,12,15). The predicted octanol–water partition coefficient (Wildman–Crippen LogP) is -0.171. The Morgan fingerprint density at radius 1 is 1.62 bits per heavy atom. The fourth-order valence-electron chi connectivity index (χ4n) is 2.13. The van der Waals surface area contributed by atoms with Crippen LogP contribution in [-0.2, 0) is 19.6 Å². The number of esters is 1. The van der Waals surface area contributed by atoms with E-state index in [0.717, 1.165) is 22.8 Å². The zero-order valence-corrected chi connectivity index (χ0v) is 13.2. The fourth-order valence-corrected chi connectivity index (χ4v) is 5.04. The van der Waals surface area contributed by atoms with Gasteiger partial charge in [-0.2, -0.15) is 4.31 Å². The second-order valence-corrected chi connectivity index (χ2v) is 7.25. The molecule has 21 heavy (non-hydrogen) atoms. The van der Waals surface area contributed by atoms with Gasteiger partial charge in [-0.25, -0.2) is 18.2 Å². The first kappa shape index (κ1) is 15.9. The number of hydrogen-bond acceptors (Lipinski definition) is 7. The number of piperazine rings is 1. The van der Waals surface area contributed by atoms with Gasteiger partial charge >= 0.3 is 5.97 Å². The van der Waals surface area contributed by atoms with Crippen molar-refractivity contribution in [3.63, 3.8) is 0 Å². The third-order valence-corrected chi connectivity index (χ3v) is 6.38. The van der Waals surface area contributed by atoms with E-state index in [1.807, 2.05) is 0 Å². The maximum atomic E-state index is 12.7. The van der Waals surface area contributed by atoms with Crippen LogP contribution in [-0.4, -0.2) is 55.8 Å². The summed E-state index contributed by atoms with van der Waals surface area (Å²) in [4.78, 5) is 27.2. The highest BCUT2D eigenvalue weighted by atomic mass is 32.2. The molecule has 0 aliphatic carbocycles. The minimum absolute atomic E-state index is 0.158. The van der Waals surface area contributed by atoms with E-state index in [2.05, 4.69) is 15.0 Å². The van der Waals surface area contributed by atoms with Crippen LogP contribution < -0.4 is 5.32 Å². The molecule has 1 unspecified atom stereocenters. The van der Waals surface area contributed by atoms with E-state index in [9.17, 15) is 18.0 Å². The molecule has 1 saturated heterocycles. The maximum Gasteiger partial charge on any atom is 0.358 e. The lowest BCUT2D eigenvalue weighted by Gasteiger charge is -2.33. The van der Waals surface area contributed by atoms with Crippen molar-refractivity contribution in [3.05, 3.63) is 11.2 Å². The van der Waals surface area contributed by atoms with Gasteiger partial charge in [-0.05, 0) is 6.42 Å². The number of ether oxygens (including phenoxy) is 1. The second kappa shape index (κ2) is 6.08. The maximum absolute atomic E-state index is 12.7. The van der Waals surface area contributed by atoms with E-state index in [0.29, 0.717) is 6.42 Å². The Hall–Kier alpha value is -1.52. The summed E-state index contributed by atoms with van der Waals surface area (Å²) < 4.78 is 30.9. The SMILES string of the molecule is CCC1C(=O)NCCN1S(=O)(=O)c1scnc1C(=O)OC. The van der Waals surface area contributed by atoms with E-state index in [4.69, 9.17) is 0 Å². The van der Waals surface area contributed by atoms with Crippen molar-refractivity contribution in [2.75, 3.05) is 20.2 Å². The predicted molar refractivity (Wildman–Crippen MR) is 74.4 cm³/mol. The van der Waals surface area contributed by atoms with E-state index < -0.39 is 22.0 Å². The van der Waals surface area contributed by atoms with Gasteiger partial charge in [-0.1, -0.05) is 6.92 Å². The molecule has 1 aromatic heterocycles. The Labute approximate surface area is 126 Å². The van der Waals surface area contributed by atoms with Gasteiger partial charge in [0, 0.05) is 13.1 Å². The summed E-state index contributed by atoms with van der Waals surface area (Å²) >= 11 is 0.834. The summed E-state index contributed by atoms with van der Waals surface area (Å²) in [5.74, 6) is -1.15.